The second-order valence-corrected chi connectivity index (χ2v) is 5.38. The highest BCUT2D eigenvalue weighted by Crippen LogP contribution is 2.25. The molecule has 0 atom stereocenters. The monoisotopic (exact) mass is 268 g/mol. The van der Waals surface area contributed by atoms with Crippen molar-refractivity contribution in [1.29, 1.82) is 0 Å². The average Bonchev–Trinajstić information content (AvgIpc) is 2.22. The molecule has 0 unspecified atom stereocenters. The van der Waals surface area contributed by atoms with Gasteiger partial charge in [-0.15, -0.1) is 0 Å². The van der Waals surface area contributed by atoms with Crippen LogP contribution in [0.5, 0.6) is 0 Å². The fourth-order valence-corrected chi connectivity index (χ4v) is 2.43. The number of nitrogens with zero attached hydrogens (tertiary/aromatic N) is 1. The van der Waals surface area contributed by atoms with E-state index in [0.29, 0.717) is 6.04 Å². The first-order valence-corrected chi connectivity index (χ1v) is 6.41. The highest BCUT2D eigenvalue weighted by atomic mass is 79.9. The van der Waals surface area contributed by atoms with E-state index in [2.05, 4.69) is 33.2 Å². The van der Waals surface area contributed by atoms with E-state index < -0.39 is 0 Å². The van der Waals surface area contributed by atoms with Crippen LogP contribution in [0, 0.1) is 5.92 Å². The van der Waals surface area contributed by atoms with E-state index in [4.69, 9.17) is 0 Å². The molecule has 1 fully saturated rings. The van der Waals surface area contributed by atoms with E-state index in [-0.39, 0.29) is 0 Å². The van der Waals surface area contributed by atoms with Gasteiger partial charge < -0.3 is 5.32 Å². The lowest BCUT2D eigenvalue weighted by molar-refractivity contribution is 0.361. The molecule has 0 radical (unpaired) electrons. The summed E-state index contributed by atoms with van der Waals surface area (Å²) in [5, 5.41) is 3.50. The van der Waals surface area contributed by atoms with Crippen molar-refractivity contribution in [3.8, 4) is 0 Å². The molecular weight excluding hydrogens is 252 g/mol. The van der Waals surface area contributed by atoms with Crippen molar-refractivity contribution < 1.29 is 0 Å². The number of pyridine rings is 1. The molecule has 1 heterocycles. The lowest BCUT2D eigenvalue weighted by Crippen LogP contribution is -2.25. The van der Waals surface area contributed by atoms with Crippen molar-refractivity contribution in [2.24, 2.45) is 5.92 Å². The minimum atomic E-state index is 0.614. The van der Waals surface area contributed by atoms with Crippen LogP contribution >= 0.6 is 15.9 Å². The number of hydrogen-bond acceptors (Lipinski definition) is 2. The van der Waals surface area contributed by atoms with Crippen LogP contribution in [0.15, 0.2) is 22.8 Å². The first-order valence-electron chi connectivity index (χ1n) is 5.62. The number of nitrogens with one attached hydrogen (secondary N) is 1. The topological polar surface area (TPSA) is 24.9 Å². The predicted octanol–water partition coefficient (Wildman–Crippen LogP) is 3.83. The maximum absolute atomic E-state index is 4.31. The molecule has 3 heteroatoms. The zero-order valence-electron chi connectivity index (χ0n) is 9.04. The molecule has 1 aliphatic carbocycles. The number of hydrogen-bond donors (Lipinski definition) is 1. The fraction of sp³-hybridized carbons (Fsp3) is 0.583. The third-order valence-electron chi connectivity index (χ3n) is 3.09. The summed E-state index contributed by atoms with van der Waals surface area (Å²) >= 11 is 3.46. The standard InChI is InChI=1S/C12H17BrN2/c1-9-2-4-11(5-3-9)15-12-8-10(13)6-7-14-12/h6-9,11H,2-5H2,1H3,(H,14,15)/t9-,11-. The van der Waals surface area contributed by atoms with E-state index in [0.717, 1.165) is 16.2 Å². The number of aromatic nitrogens is 1. The Kier molecular flexibility index (Phi) is 3.62. The Morgan fingerprint density at radius 2 is 2.07 bits per heavy atom. The second kappa shape index (κ2) is 4.97. The summed E-state index contributed by atoms with van der Waals surface area (Å²) in [6.07, 6.45) is 7.06. The summed E-state index contributed by atoms with van der Waals surface area (Å²) in [6, 6.07) is 4.61. The highest BCUT2D eigenvalue weighted by molar-refractivity contribution is 9.10. The summed E-state index contributed by atoms with van der Waals surface area (Å²) in [6.45, 7) is 2.34. The van der Waals surface area contributed by atoms with Crippen molar-refractivity contribution in [2.75, 3.05) is 5.32 Å². The maximum Gasteiger partial charge on any atom is 0.127 e. The number of anilines is 1. The van der Waals surface area contributed by atoms with Gasteiger partial charge in [0, 0.05) is 16.7 Å². The van der Waals surface area contributed by atoms with Gasteiger partial charge in [0.2, 0.25) is 0 Å². The molecular formula is C12H17BrN2. The molecule has 0 amide bonds. The maximum atomic E-state index is 4.31. The Hall–Kier alpha value is -0.570. The second-order valence-electron chi connectivity index (χ2n) is 4.46. The molecule has 0 spiro atoms. The Morgan fingerprint density at radius 1 is 1.33 bits per heavy atom. The molecule has 1 N–H and O–H groups in total. The summed E-state index contributed by atoms with van der Waals surface area (Å²) in [5.41, 5.74) is 0. The minimum Gasteiger partial charge on any atom is -0.367 e. The molecule has 2 rings (SSSR count). The van der Waals surface area contributed by atoms with Crippen LogP contribution < -0.4 is 5.32 Å². The van der Waals surface area contributed by atoms with E-state index >= 15 is 0 Å². The molecule has 0 saturated heterocycles. The van der Waals surface area contributed by atoms with Gasteiger partial charge in [-0.2, -0.15) is 0 Å². The summed E-state index contributed by atoms with van der Waals surface area (Å²) in [4.78, 5) is 4.31. The van der Waals surface area contributed by atoms with Gasteiger partial charge in [-0.1, -0.05) is 22.9 Å². The SMILES string of the molecule is C[C@H]1CC[C@H](Nc2cc(Br)ccn2)CC1. The van der Waals surface area contributed by atoms with E-state index in [1.54, 1.807) is 0 Å². The first-order chi connectivity index (χ1) is 7.24. The van der Waals surface area contributed by atoms with Gasteiger partial charge in [-0.05, 0) is 43.7 Å². The molecule has 0 aromatic carbocycles. The van der Waals surface area contributed by atoms with Gasteiger partial charge >= 0.3 is 0 Å². The zero-order chi connectivity index (χ0) is 10.7. The van der Waals surface area contributed by atoms with Gasteiger partial charge in [0.15, 0.2) is 0 Å². The van der Waals surface area contributed by atoms with Gasteiger partial charge in [0.05, 0.1) is 0 Å². The lowest BCUT2D eigenvalue weighted by atomic mass is 9.87. The number of halogens is 1. The average molecular weight is 269 g/mol. The van der Waals surface area contributed by atoms with Crippen LogP contribution in [-0.4, -0.2) is 11.0 Å². The molecule has 0 bridgehead atoms. The van der Waals surface area contributed by atoms with Crippen molar-refractivity contribution in [3.63, 3.8) is 0 Å². The third-order valence-corrected chi connectivity index (χ3v) is 3.58. The van der Waals surface area contributed by atoms with Gasteiger partial charge in [0.1, 0.15) is 5.82 Å². The van der Waals surface area contributed by atoms with Crippen LogP contribution in [0.2, 0.25) is 0 Å². The first kappa shape index (κ1) is 10.9. The van der Waals surface area contributed by atoms with E-state index in [1.165, 1.54) is 25.7 Å². The number of rotatable bonds is 2. The normalized spacial score (nSPS) is 26.3. The van der Waals surface area contributed by atoms with Crippen LogP contribution in [0.4, 0.5) is 5.82 Å². The fourth-order valence-electron chi connectivity index (χ4n) is 2.10. The van der Waals surface area contributed by atoms with Gasteiger partial charge in [0.25, 0.3) is 0 Å². The summed E-state index contributed by atoms with van der Waals surface area (Å²) in [7, 11) is 0. The van der Waals surface area contributed by atoms with E-state index in [1.807, 2.05) is 18.3 Å². The van der Waals surface area contributed by atoms with Gasteiger partial charge in [-0.25, -0.2) is 4.98 Å². The molecule has 2 nitrogen and oxygen atoms in total. The third kappa shape index (κ3) is 3.20. The van der Waals surface area contributed by atoms with Crippen molar-refractivity contribution >= 4 is 21.7 Å². The quantitative estimate of drug-likeness (QED) is 0.882. The molecule has 15 heavy (non-hydrogen) atoms. The molecule has 1 aromatic rings. The highest BCUT2D eigenvalue weighted by Gasteiger charge is 2.17. The van der Waals surface area contributed by atoms with Crippen molar-refractivity contribution in [1.82, 2.24) is 4.98 Å². The largest absolute Gasteiger partial charge is 0.367 e. The molecule has 1 saturated carbocycles. The van der Waals surface area contributed by atoms with Crippen LogP contribution in [0.25, 0.3) is 0 Å². The molecule has 1 aromatic heterocycles. The summed E-state index contributed by atoms with van der Waals surface area (Å²) in [5.74, 6) is 1.89. The summed E-state index contributed by atoms with van der Waals surface area (Å²) < 4.78 is 1.09. The lowest BCUT2D eigenvalue weighted by Gasteiger charge is -2.27. The Balaban J connectivity index is 1.92. The Bertz CT molecular complexity index is 319. The van der Waals surface area contributed by atoms with Crippen molar-refractivity contribution in [3.05, 3.63) is 22.8 Å². The Morgan fingerprint density at radius 3 is 2.73 bits per heavy atom. The predicted molar refractivity (Wildman–Crippen MR) is 67.0 cm³/mol. The zero-order valence-corrected chi connectivity index (χ0v) is 10.6. The van der Waals surface area contributed by atoms with Crippen LogP contribution in [0.3, 0.4) is 0 Å². The smallest absolute Gasteiger partial charge is 0.127 e. The molecule has 82 valence electrons. The Labute approximate surface area is 99.6 Å². The van der Waals surface area contributed by atoms with E-state index in [9.17, 15) is 0 Å². The molecule has 1 aliphatic rings. The molecule has 0 aliphatic heterocycles. The van der Waals surface area contributed by atoms with Gasteiger partial charge in [-0.3, -0.25) is 0 Å². The minimum absolute atomic E-state index is 0.614. The van der Waals surface area contributed by atoms with Crippen molar-refractivity contribution in [2.45, 2.75) is 38.6 Å². The van der Waals surface area contributed by atoms with Crippen LogP contribution in [-0.2, 0) is 0 Å². The van der Waals surface area contributed by atoms with Crippen LogP contribution in [0.1, 0.15) is 32.6 Å².